The van der Waals surface area contributed by atoms with Crippen LogP contribution in [-0.2, 0) is 27.6 Å². The Hall–Kier alpha value is -2.18. The number of aromatic nitrogens is 1. The van der Waals surface area contributed by atoms with E-state index in [2.05, 4.69) is 10.1 Å². The van der Waals surface area contributed by atoms with Crippen molar-refractivity contribution < 1.29 is 26.4 Å². The molecule has 0 spiro atoms. The molecule has 0 radical (unpaired) electrons. The maximum atomic E-state index is 13.1. The van der Waals surface area contributed by atoms with Crippen LogP contribution in [0.4, 0.5) is 13.2 Å². The monoisotopic (exact) mass is 579 g/mol. The van der Waals surface area contributed by atoms with Crippen molar-refractivity contribution in [3.05, 3.63) is 80.4 Å². The van der Waals surface area contributed by atoms with Gasteiger partial charge in [0.25, 0.3) is 10.0 Å². The van der Waals surface area contributed by atoms with E-state index in [1.165, 1.54) is 16.6 Å². The number of rotatable bonds is 10. The standard InChI is InChI=1S/C23H22Cl2F3N3O3S2/c1-3-31(4-2)36(32,33)21-10-9-20(35-21)18(13-30-34-14-15-5-7-17(24)8-6-15)22-19(25)11-16(12-29-22)23(26,27)28/h5-13,18H,3-4,14H2,1-2H3. The predicted molar refractivity (Wildman–Crippen MR) is 135 cm³/mol. The van der Waals surface area contributed by atoms with Gasteiger partial charge in [0.2, 0.25) is 0 Å². The summed E-state index contributed by atoms with van der Waals surface area (Å²) < 4.78 is 66.6. The number of hydrogen-bond donors (Lipinski definition) is 0. The topological polar surface area (TPSA) is 71.9 Å². The lowest BCUT2D eigenvalue weighted by Crippen LogP contribution is -2.29. The Morgan fingerprint density at radius 2 is 1.81 bits per heavy atom. The third kappa shape index (κ3) is 6.77. The van der Waals surface area contributed by atoms with Gasteiger partial charge >= 0.3 is 6.18 Å². The predicted octanol–water partition coefficient (Wildman–Crippen LogP) is 6.83. The molecule has 1 aromatic carbocycles. The molecule has 0 bridgehead atoms. The maximum absolute atomic E-state index is 13.1. The van der Waals surface area contributed by atoms with Gasteiger partial charge in [-0.15, -0.1) is 11.3 Å². The Balaban J connectivity index is 1.95. The van der Waals surface area contributed by atoms with Crippen LogP contribution in [0.2, 0.25) is 10.0 Å². The summed E-state index contributed by atoms with van der Waals surface area (Å²) in [6.07, 6.45) is -2.61. The molecule has 1 unspecified atom stereocenters. The second-order valence-corrected chi connectivity index (χ2v) is 11.6. The first kappa shape index (κ1) is 28.4. The Bertz CT molecular complexity index is 1310. The first-order valence-electron chi connectivity index (χ1n) is 10.7. The Kier molecular flexibility index (Phi) is 9.39. The summed E-state index contributed by atoms with van der Waals surface area (Å²) in [6, 6.07) is 10.7. The minimum atomic E-state index is -4.62. The molecule has 0 amide bonds. The molecule has 0 N–H and O–H groups in total. The van der Waals surface area contributed by atoms with Crippen LogP contribution in [0.15, 0.2) is 58.0 Å². The summed E-state index contributed by atoms with van der Waals surface area (Å²) in [7, 11) is -3.73. The maximum Gasteiger partial charge on any atom is 0.417 e. The third-order valence-electron chi connectivity index (χ3n) is 5.13. The van der Waals surface area contributed by atoms with Gasteiger partial charge in [-0.05, 0) is 35.9 Å². The zero-order chi connectivity index (χ0) is 26.5. The highest BCUT2D eigenvalue weighted by atomic mass is 35.5. The van der Waals surface area contributed by atoms with Crippen molar-refractivity contribution >= 4 is 50.8 Å². The summed E-state index contributed by atoms with van der Waals surface area (Å²) >= 11 is 13.0. The molecule has 0 aliphatic heterocycles. The Morgan fingerprint density at radius 3 is 2.39 bits per heavy atom. The first-order chi connectivity index (χ1) is 17.0. The van der Waals surface area contributed by atoms with E-state index in [-0.39, 0.29) is 21.5 Å². The van der Waals surface area contributed by atoms with Crippen molar-refractivity contribution in [2.75, 3.05) is 13.1 Å². The van der Waals surface area contributed by atoms with Crippen LogP contribution in [0.1, 0.15) is 41.5 Å². The van der Waals surface area contributed by atoms with Crippen molar-refractivity contribution in [3.63, 3.8) is 0 Å². The van der Waals surface area contributed by atoms with E-state index < -0.39 is 27.7 Å². The van der Waals surface area contributed by atoms with Crippen LogP contribution in [0, 0.1) is 0 Å². The van der Waals surface area contributed by atoms with Crippen LogP contribution >= 0.6 is 34.5 Å². The minimum Gasteiger partial charge on any atom is -0.391 e. The van der Waals surface area contributed by atoms with Gasteiger partial charge in [-0.3, -0.25) is 4.98 Å². The quantitative estimate of drug-likeness (QED) is 0.195. The lowest BCUT2D eigenvalue weighted by molar-refractivity contribution is -0.137. The second kappa shape index (κ2) is 11.9. The van der Waals surface area contributed by atoms with E-state index in [1.807, 2.05) is 0 Å². The Morgan fingerprint density at radius 1 is 1.14 bits per heavy atom. The van der Waals surface area contributed by atoms with Crippen molar-refractivity contribution in [3.8, 4) is 0 Å². The van der Waals surface area contributed by atoms with Crippen LogP contribution in [-0.4, -0.2) is 37.0 Å². The van der Waals surface area contributed by atoms with Crippen molar-refractivity contribution in [1.82, 2.24) is 9.29 Å². The van der Waals surface area contributed by atoms with Gasteiger partial charge in [0.05, 0.1) is 28.4 Å². The van der Waals surface area contributed by atoms with Crippen molar-refractivity contribution in [2.24, 2.45) is 5.16 Å². The van der Waals surface area contributed by atoms with Gasteiger partial charge in [0.15, 0.2) is 0 Å². The number of hydrogen-bond acceptors (Lipinski definition) is 6. The minimum absolute atomic E-state index is 0.0807. The number of benzene rings is 1. The van der Waals surface area contributed by atoms with Gasteiger partial charge in [-0.1, -0.05) is 54.3 Å². The van der Waals surface area contributed by atoms with Crippen LogP contribution in [0.5, 0.6) is 0 Å². The highest BCUT2D eigenvalue weighted by Crippen LogP contribution is 2.37. The molecule has 1 atom stereocenters. The van der Waals surface area contributed by atoms with Crippen molar-refractivity contribution in [2.45, 2.75) is 36.8 Å². The zero-order valence-corrected chi connectivity index (χ0v) is 22.3. The van der Waals surface area contributed by atoms with Gasteiger partial charge in [0.1, 0.15) is 10.8 Å². The SMILES string of the molecule is CCN(CC)S(=O)(=O)c1ccc(C(C=NOCc2ccc(Cl)cc2)c2ncc(C(F)(F)F)cc2Cl)s1. The van der Waals surface area contributed by atoms with E-state index in [4.69, 9.17) is 28.0 Å². The zero-order valence-electron chi connectivity index (χ0n) is 19.2. The van der Waals surface area contributed by atoms with E-state index in [9.17, 15) is 21.6 Å². The summed E-state index contributed by atoms with van der Waals surface area (Å²) in [5.41, 5.74) is -0.124. The molecule has 0 fully saturated rings. The highest BCUT2D eigenvalue weighted by Gasteiger charge is 2.33. The second-order valence-electron chi connectivity index (χ2n) is 7.47. The summed E-state index contributed by atoms with van der Waals surface area (Å²) in [6.45, 7) is 4.16. The van der Waals surface area contributed by atoms with Gasteiger partial charge < -0.3 is 4.84 Å². The normalized spacial score (nSPS) is 13.4. The van der Waals surface area contributed by atoms with Crippen molar-refractivity contribution in [1.29, 1.82) is 0 Å². The average molecular weight is 580 g/mol. The molecule has 0 saturated heterocycles. The molecule has 13 heteroatoms. The van der Waals surface area contributed by atoms with Gasteiger partial charge in [0, 0.05) is 29.2 Å². The molecule has 3 aromatic rings. The molecule has 6 nitrogen and oxygen atoms in total. The number of nitrogens with zero attached hydrogens (tertiary/aromatic N) is 3. The lowest BCUT2D eigenvalue weighted by Gasteiger charge is -2.17. The number of oxime groups is 1. The third-order valence-corrected chi connectivity index (χ3v) is 9.37. The fourth-order valence-corrected chi connectivity index (χ4v) is 6.65. The number of halogens is 5. The average Bonchev–Trinajstić information content (AvgIpc) is 3.32. The summed E-state index contributed by atoms with van der Waals surface area (Å²) in [5, 5.41) is 4.29. The lowest BCUT2D eigenvalue weighted by atomic mass is 10.0. The van der Waals surface area contributed by atoms with E-state index in [1.54, 1.807) is 44.2 Å². The molecular formula is C23H22Cl2F3N3O3S2. The molecule has 0 aliphatic rings. The van der Waals surface area contributed by atoms with Crippen LogP contribution in [0.3, 0.4) is 0 Å². The summed E-state index contributed by atoms with van der Waals surface area (Å²) in [5.74, 6) is -0.851. The highest BCUT2D eigenvalue weighted by molar-refractivity contribution is 7.91. The number of pyridine rings is 1. The molecule has 36 heavy (non-hydrogen) atoms. The van der Waals surface area contributed by atoms with Crippen LogP contribution in [0.25, 0.3) is 0 Å². The van der Waals surface area contributed by atoms with Crippen LogP contribution < -0.4 is 0 Å². The first-order valence-corrected chi connectivity index (χ1v) is 13.7. The van der Waals surface area contributed by atoms with E-state index in [0.717, 1.165) is 23.0 Å². The molecule has 0 saturated carbocycles. The van der Waals surface area contributed by atoms with Gasteiger partial charge in [-0.2, -0.15) is 17.5 Å². The number of thiophene rings is 1. The molecular weight excluding hydrogens is 558 g/mol. The molecule has 0 aliphatic carbocycles. The molecule has 2 heterocycles. The number of sulfonamides is 1. The summed E-state index contributed by atoms with van der Waals surface area (Å²) in [4.78, 5) is 9.76. The van der Waals surface area contributed by atoms with E-state index in [0.29, 0.717) is 29.2 Å². The van der Waals surface area contributed by atoms with Gasteiger partial charge in [-0.25, -0.2) is 8.42 Å². The van der Waals surface area contributed by atoms with E-state index >= 15 is 0 Å². The molecule has 194 valence electrons. The smallest absolute Gasteiger partial charge is 0.391 e. The number of alkyl halides is 3. The molecule has 2 aromatic heterocycles. The fourth-order valence-electron chi connectivity index (χ4n) is 3.24. The molecule has 3 rings (SSSR count). The largest absolute Gasteiger partial charge is 0.417 e. The fraction of sp³-hybridized carbons (Fsp3) is 0.304. The Labute approximate surface area is 221 Å².